The second-order valence-electron chi connectivity index (χ2n) is 39.5. The fourth-order valence-electron chi connectivity index (χ4n) is 14.2. The molecule has 0 spiro atoms. The van der Waals surface area contributed by atoms with Gasteiger partial charge in [-0.3, -0.25) is 28.8 Å². The van der Waals surface area contributed by atoms with E-state index in [4.69, 9.17) is 138 Å². The summed E-state index contributed by atoms with van der Waals surface area (Å²) in [6, 6.07) is 0. The molecule has 0 bridgehead atoms. The number of hydrogen-bond acceptors (Lipinski definition) is 27. The minimum atomic E-state index is -0.954. The molecule has 0 saturated heterocycles. The first-order valence-corrected chi connectivity index (χ1v) is 59.9. The van der Waals surface area contributed by atoms with Crippen LogP contribution in [0.15, 0.2) is 0 Å². The predicted molar refractivity (Wildman–Crippen MR) is 609 cm³/mol. The van der Waals surface area contributed by atoms with E-state index in [0.717, 1.165) is 77.0 Å². The average molecular weight is 2180 g/mol. The Labute approximate surface area is 914 Å². The zero-order valence-electron chi connectivity index (χ0n) is 96.9. The number of unbranched alkanes of at least 4 members (excludes halogenated alkanes) is 72. The van der Waals surface area contributed by atoms with Crippen LogP contribution in [0.1, 0.15) is 581 Å². The van der Waals surface area contributed by atoms with Gasteiger partial charge in [0.05, 0.1) is 92.5 Å². The summed E-state index contributed by atoms with van der Waals surface area (Å²) in [5, 5.41) is 219. The van der Waals surface area contributed by atoms with Gasteiger partial charge in [0.15, 0.2) is 0 Å². The van der Waals surface area contributed by atoms with Gasteiger partial charge in [-0.05, 0) is 38.5 Å². The highest BCUT2D eigenvalue weighted by atomic mass is 16.4. The Hall–Kier alpha value is -4.02. The smallest absolute Gasteiger partial charge is 0.303 e. The quantitative estimate of drug-likeness (QED) is 0.0251. The van der Waals surface area contributed by atoms with Crippen LogP contribution in [-0.2, 0) is 28.8 Å². The molecule has 0 radical (unpaired) electrons. The van der Waals surface area contributed by atoms with Crippen molar-refractivity contribution < 1.29 is 167 Å². The molecule has 0 amide bonds. The Morgan fingerprint density at radius 1 is 0.113 bits per heavy atom. The van der Waals surface area contributed by atoms with Crippen LogP contribution in [0, 0.1) is 0 Å². The van der Waals surface area contributed by atoms with Crippen molar-refractivity contribution in [2.45, 2.75) is 624 Å². The summed E-state index contributed by atoms with van der Waals surface area (Å²) < 4.78 is 0. The number of rotatable bonds is 98. The van der Waals surface area contributed by atoms with Gasteiger partial charge < -0.3 is 138 Å². The summed E-state index contributed by atoms with van der Waals surface area (Å²) in [5.41, 5.74) is 0. The highest BCUT2D eigenvalue weighted by Crippen LogP contribution is 2.20. The topological polar surface area (TPSA) is 649 Å². The maximum Gasteiger partial charge on any atom is 0.303 e. The van der Waals surface area contributed by atoms with Gasteiger partial charge in [-0.25, -0.2) is 0 Å². The Balaban J connectivity index is -0.000000127. The first-order chi connectivity index (χ1) is 72.3. The lowest BCUT2D eigenvalue weighted by molar-refractivity contribution is -0.138. The summed E-state index contributed by atoms with van der Waals surface area (Å²) in [6.45, 7) is 8.46. The molecule has 150 heavy (non-hydrogen) atoms. The Morgan fingerprint density at radius 2 is 0.167 bits per heavy atom. The summed E-state index contributed by atoms with van der Waals surface area (Å²) in [7, 11) is 0. The second kappa shape index (κ2) is 170. The van der Waals surface area contributed by atoms with E-state index in [1.807, 2.05) is 0 Å². The van der Waals surface area contributed by atoms with Gasteiger partial charge in [-0.1, -0.05) is 504 Å². The van der Waals surface area contributed by atoms with Crippen LogP contribution in [0.25, 0.3) is 0 Å². The molecule has 0 aromatic carbocycles. The van der Waals surface area contributed by atoms with Gasteiger partial charge in [0, 0.05) is 38.5 Å². The Morgan fingerprint density at radius 3 is 0.207 bits per heavy atom. The largest absolute Gasteiger partial charge is 0.481 e. The van der Waals surface area contributed by atoms with E-state index in [9.17, 15) is 28.8 Å². The van der Waals surface area contributed by atoms with Gasteiger partial charge in [0.25, 0.3) is 0 Å². The highest BCUT2D eigenvalue weighted by molar-refractivity contribution is 5.68. The summed E-state index contributed by atoms with van der Waals surface area (Å²) in [6.07, 6.45) is 96.9. The van der Waals surface area contributed by atoms with Crippen molar-refractivity contribution in [2.75, 3.05) is 92.5 Å². The SMILES string of the molecule is CCCCCCCCCCCCCCCC(=O)O.CCCCCCCCCCCCCCCC(=O)O.CCCCCCCCCCCCCCCC(=O)O.CCCCCCCCCCCCCCCC(=O)O.CCCCCCCCCCCCCCCC(=O)O.CCCCCCCCCCCCCCCC(=O)O.OCC(O)CO.OCC(O)CO.OCC(O)CO.OCC(O)CO.OCC(O)CO.OCC(O)CO.OCC(O)CO. The molecule has 0 atom stereocenters. The lowest BCUT2D eigenvalue weighted by atomic mass is 10.0. The maximum atomic E-state index is 10.3. The number of carboxylic acids is 6. The normalized spacial score (nSPS) is 10.5. The monoisotopic (exact) mass is 2180 g/mol. The molecule has 0 fully saturated rings. The molecule has 33 nitrogen and oxygen atoms in total. The predicted octanol–water partition coefficient (Wildman–Crippen LogP) is 21.6. The lowest BCUT2D eigenvalue weighted by Crippen LogP contribution is -2.15. The van der Waals surface area contributed by atoms with Crippen molar-refractivity contribution in [3.8, 4) is 0 Å². The van der Waals surface area contributed by atoms with E-state index in [1.165, 1.54) is 424 Å². The lowest BCUT2D eigenvalue weighted by Gasteiger charge is -2.02. The van der Waals surface area contributed by atoms with E-state index in [-0.39, 0.29) is 92.5 Å². The second-order valence-corrected chi connectivity index (χ2v) is 39.5. The molecule has 0 aliphatic carbocycles. The summed E-state index contributed by atoms with van der Waals surface area (Å²) >= 11 is 0. The van der Waals surface area contributed by atoms with Crippen LogP contribution in [0.5, 0.6) is 0 Å². The highest BCUT2D eigenvalue weighted by Gasteiger charge is 2.07. The third-order valence-electron chi connectivity index (χ3n) is 23.9. The molecule has 914 valence electrons. The van der Waals surface area contributed by atoms with E-state index in [0.29, 0.717) is 38.5 Å². The zero-order chi connectivity index (χ0) is 116. The minimum Gasteiger partial charge on any atom is -0.481 e. The molecule has 0 unspecified atom stereocenters. The summed E-state index contributed by atoms with van der Waals surface area (Å²) in [4.78, 5) is 61.8. The minimum absolute atomic E-state index is 0.345. The average Bonchev–Trinajstić information content (AvgIpc) is 1.10. The van der Waals surface area contributed by atoms with E-state index >= 15 is 0 Å². The number of aliphatic carboxylic acids is 6. The van der Waals surface area contributed by atoms with Crippen molar-refractivity contribution in [1.82, 2.24) is 0 Å². The Bertz CT molecular complexity index is 1910. The molecular weight excluding hydrogens is 1930 g/mol. The maximum absolute atomic E-state index is 10.3. The third kappa shape index (κ3) is 227. The van der Waals surface area contributed by atoms with Crippen molar-refractivity contribution in [1.29, 1.82) is 0 Å². The molecule has 0 aromatic heterocycles. The molecule has 0 rings (SSSR count). The van der Waals surface area contributed by atoms with Crippen LogP contribution in [-0.4, -0.2) is 309 Å². The van der Waals surface area contributed by atoms with E-state index < -0.39 is 78.5 Å². The fourth-order valence-corrected chi connectivity index (χ4v) is 14.2. The standard InChI is InChI=1S/6C16H32O2.7C3H8O3/c6*1-2-3-4-5-6-7-8-9-10-11-12-13-14-15-16(17)18;7*4-1-3(6)2-5/h6*2-15H2,1H3,(H,17,18);7*3-6H,1-2H2. The molecule has 0 aromatic rings. The van der Waals surface area contributed by atoms with Crippen LogP contribution in [0.3, 0.4) is 0 Å². The van der Waals surface area contributed by atoms with E-state index in [1.54, 1.807) is 0 Å². The van der Waals surface area contributed by atoms with Gasteiger partial charge in [0.1, 0.15) is 42.7 Å². The molecule has 27 N–H and O–H groups in total. The third-order valence-corrected chi connectivity index (χ3v) is 23.9. The van der Waals surface area contributed by atoms with Crippen molar-refractivity contribution >= 4 is 35.8 Å². The molecular formula is C117H248O33. The molecule has 33 heteroatoms. The van der Waals surface area contributed by atoms with Crippen LogP contribution in [0.4, 0.5) is 0 Å². The van der Waals surface area contributed by atoms with Crippen molar-refractivity contribution in [3.05, 3.63) is 0 Å². The number of carbonyl (C=O) groups is 6. The fraction of sp³-hybridized carbons (Fsp3) is 0.949. The summed E-state index contributed by atoms with van der Waals surface area (Å²) in [5.74, 6) is -3.93. The van der Waals surface area contributed by atoms with Crippen LogP contribution >= 0.6 is 0 Å². The Kier molecular flexibility index (Phi) is 197. The van der Waals surface area contributed by atoms with Crippen molar-refractivity contribution in [3.63, 3.8) is 0 Å². The molecule has 0 aliphatic heterocycles. The van der Waals surface area contributed by atoms with Gasteiger partial charge in [0.2, 0.25) is 0 Å². The number of carboxylic acid groups (broad SMARTS) is 6. The number of aliphatic hydroxyl groups excluding tert-OH is 21. The number of aliphatic hydroxyl groups is 21. The van der Waals surface area contributed by atoms with Crippen molar-refractivity contribution in [2.24, 2.45) is 0 Å². The van der Waals surface area contributed by atoms with Gasteiger partial charge in [-0.2, -0.15) is 0 Å². The van der Waals surface area contributed by atoms with Gasteiger partial charge in [-0.15, -0.1) is 0 Å². The van der Waals surface area contributed by atoms with Crippen LogP contribution < -0.4 is 0 Å². The first-order valence-electron chi connectivity index (χ1n) is 59.9. The molecule has 0 aliphatic rings. The number of hydrogen-bond donors (Lipinski definition) is 27. The zero-order valence-corrected chi connectivity index (χ0v) is 96.9. The molecule has 0 saturated carbocycles. The van der Waals surface area contributed by atoms with E-state index in [2.05, 4.69) is 41.5 Å². The molecule has 0 heterocycles. The van der Waals surface area contributed by atoms with Crippen LogP contribution in [0.2, 0.25) is 0 Å². The first kappa shape index (κ1) is 174. The van der Waals surface area contributed by atoms with Gasteiger partial charge >= 0.3 is 35.8 Å².